The highest BCUT2D eigenvalue weighted by Gasteiger charge is 2.20. The van der Waals surface area contributed by atoms with Crippen molar-refractivity contribution < 1.29 is 14.6 Å². The van der Waals surface area contributed by atoms with E-state index in [-0.39, 0.29) is 18.3 Å². The fourth-order valence-corrected chi connectivity index (χ4v) is 2.06. The first-order chi connectivity index (χ1) is 9.11. The number of carbonyl (C=O) groups is 1. The van der Waals surface area contributed by atoms with Crippen LogP contribution in [0.3, 0.4) is 0 Å². The van der Waals surface area contributed by atoms with Crippen LogP contribution in [-0.2, 0) is 9.53 Å². The Kier molecular flexibility index (Phi) is 4.12. The second-order valence-electron chi connectivity index (χ2n) is 4.66. The fourth-order valence-electron chi connectivity index (χ4n) is 2.06. The van der Waals surface area contributed by atoms with Crippen molar-refractivity contribution in [1.29, 1.82) is 0 Å². The minimum absolute atomic E-state index is 0.193. The number of fused-ring (bicyclic) bond motifs is 1. The van der Waals surface area contributed by atoms with Gasteiger partial charge >= 0.3 is 5.97 Å². The zero-order valence-corrected chi connectivity index (χ0v) is 11.0. The molecule has 1 heterocycles. The molecule has 2 rings (SSSR count). The van der Waals surface area contributed by atoms with Crippen LogP contribution in [0.2, 0.25) is 0 Å². The summed E-state index contributed by atoms with van der Waals surface area (Å²) in [6.07, 6.45) is 1.24. The smallest absolute Gasteiger partial charge is 0.305 e. The van der Waals surface area contributed by atoms with E-state index in [9.17, 15) is 9.90 Å². The first kappa shape index (κ1) is 13.5. The molecule has 1 N–H and O–H groups in total. The molecule has 100 valence electrons. The van der Waals surface area contributed by atoms with Gasteiger partial charge in [0.05, 0.1) is 25.2 Å². The predicted octanol–water partition coefficient (Wildman–Crippen LogP) is 2.47. The number of methoxy groups -OCH3 is 1. The molecular weight excluding hydrogens is 242 g/mol. The second kappa shape index (κ2) is 5.80. The summed E-state index contributed by atoms with van der Waals surface area (Å²) in [6, 6.07) is 9.42. The number of nitrogens with zero attached hydrogens (tertiary/aromatic N) is 1. The number of ether oxygens (including phenoxy) is 1. The van der Waals surface area contributed by atoms with E-state index in [2.05, 4.69) is 9.72 Å². The molecule has 0 bridgehead atoms. The maximum atomic E-state index is 11.2. The molecule has 0 aliphatic heterocycles. The largest absolute Gasteiger partial charge is 0.469 e. The number of esters is 1. The van der Waals surface area contributed by atoms with E-state index >= 15 is 0 Å². The molecule has 0 radical (unpaired) electrons. The van der Waals surface area contributed by atoms with Gasteiger partial charge in [-0.3, -0.25) is 9.78 Å². The number of hydrogen-bond acceptors (Lipinski definition) is 4. The molecule has 4 heteroatoms. The first-order valence-electron chi connectivity index (χ1n) is 6.21. The van der Waals surface area contributed by atoms with Gasteiger partial charge in [-0.1, -0.05) is 19.1 Å². The lowest BCUT2D eigenvalue weighted by atomic mass is 9.94. The summed E-state index contributed by atoms with van der Waals surface area (Å²) in [5.74, 6) is -0.504. The van der Waals surface area contributed by atoms with Gasteiger partial charge in [-0.05, 0) is 29.7 Å². The molecule has 0 saturated carbocycles. The van der Waals surface area contributed by atoms with Crippen molar-refractivity contribution >= 4 is 16.9 Å². The van der Waals surface area contributed by atoms with Crippen LogP contribution in [0.15, 0.2) is 36.5 Å². The van der Waals surface area contributed by atoms with Crippen molar-refractivity contribution in [2.45, 2.75) is 19.4 Å². The molecule has 0 aliphatic carbocycles. The quantitative estimate of drug-likeness (QED) is 0.857. The normalized spacial score (nSPS) is 14.1. The fraction of sp³-hybridized carbons (Fsp3) is 0.333. The van der Waals surface area contributed by atoms with Crippen LogP contribution in [0, 0.1) is 5.92 Å². The standard InChI is InChI=1S/C15H17NO3/c1-10(8-14(17)19-2)15(18)12-5-6-13-11(9-12)4-3-7-16-13/h3-7,9-10,15,18H,8H2,1-2H3. The SMILES string of the molecule is COC(=O)CC(C)C(O)c1ccc2ncccc2c1. The number of rotatable bonds is 4. The van der Waals surface area contributed by atoms with E-state index in [1.165, 1.54) is 7.11 Å². The molecule has 0 fully saturated rings. The van der Waals surface area contributed by atoms with Gasteiger partial charge < -0.3 is 9.84 Å². The monoisotopic (exact) mass is 259 g/mol. The van der Waals surface area contributed by atoms with E-state index < -0.39 is 6.10 Å². The zero-order valence-electron chi connectivity index (χ0n) is 11.0. The molecular formula is C15H17NO3. The maximum absolute atomic E-state index is 11.2. The Bertz CT molecular complexity index is 582. The molecule has 0 saturated heterocycles. The number of aromatic nitrogens is 1. The molecule has 1 aromatic carbocycles. The Balaban J connectivity index is 2.21. The molecule has 0 aliphatic rings. The Morgan fingerprint density at radius 1 is 1.42 bits per heavy atom. The molecule has 2 atom stereocenters. The third kappa shape index (κ3) is 3.09. The molecule has 4 nitrogen and oxygen atoms in total. The molecule has 2 aromatic rings. The molecule has 19 heavy (non-hydrogen) atoms. The van der Waals surface area contributed by atoms with Crippen molar-refractivity contribution in [3.8, 4) is 0 Å². The average molecular weight is 259 g/mol. The van der Waals surface area contributed by atoms with E-state index in [1.807, 2.05) is 37.3 Å². The van der Waals surface area contributed by atoms with Crippen molar-refractivity contribution in [2.75, 3.05) is 7.11 Å². The average Bonchev–Trinajstić information content (AvgIpc) is 2.45. The number of pyridine rings is 1. The van der Waals surface area contributed by atoms with E-state index in [1.54, 1.807) is 6.20 Å². The number of benzene rings is 1. The molecule has 0 spiro atoms. The Labute approximate surface area is 112 Å². The number of carbonyl (C=O) groups excluding carboxylic acids is 1. The van der Waals surface area contributed by atoms with Gasteiger partial charge in [0.25, 0.3) is 0 Å². The lowest BCUT2D eigenvalue weighted by Gasteiger charge is -2.18. The first-order valence-corrected chi connectivity index (χ1v) is 6.21. The summed E-state index contributed by atoms with van der Waals surface area (Å²) in [5, 5.41) is 11.2. The van der Waals surface area contributed by atoms with Gasteiger partial charge in [-0.2, -0.15) is 0 Å². The van der Waals surface area contributed by atoms with E-state index in [4.69, 9.17) is 0 Å². The van der Waals surface area contributed by atoms with Crippen LogP contribution >= 0.6 is 0 Å². The van der Waals surface area contributed by atoms with Gasteiger partial charge in [-0.25, -0.2) is 0 Å². The van der Waals surface area contributed by atoms with Crippen molar-refractivity contribution in [2.24, 2.45) is 5.92 Å². The highest BCUT2D eigenvalue weighted by Crippen LogP contribution is 2.26. The Morgan fingerprint density at radius 2 is 2.21 bits per heavy atom. The van der Waals surface area contributed by atoms with Gasteiger partial charge in [0.15, 0.2) is 0 Å². The van der Waals surface area contributed by atoms with Crippen molar-refractivity contribution in [3.63, 3.8) is 0 Å². The summed E-state index contributed by atoms with van der Waals surface area (Å²) in [7, 11) is 1.35. The molecule has 2 unspecified atom stereocenters. The third-order valence-corrected chi connectivity index (χ3v) is 3.22. The summed E-state index contributed by atoms with van der Waals surface area (Å²) in [4.78, 5) is 15.5. The topological polar surface area (TPSA) is 59.4 Å². The highest BCUT2D eigenvalue weighted by atomic mass is 16.5. The summed E-state index contributed by atoms with van der Waals surface area (Å²) >= 11 is 0. The van der Waals surface area contributed by atoms with Crippen LogP contribution in [0.5, 0.6) is 0 Å². The van der Waals surface area contributed by atoms with E-state index in [0.717, 1.165) is 16.5 Å². The minimum Gasteiger partial charge on any atom is -0.469 e. The van der Waals surface area contributed by atoms with Crippen LogP contribution in [0.4, 0.5) is 0 Å². The number of aliphatic hydroxyl groups is 1. The summed E-state index contributed by atoms with van der Waals surface area (Å²) < 4.78 is 4.62. The number of hydrogen-bond donors (Lipinski definition) is 1. The Hall–Kier alpha value is -1.94. The predicted molar refractivity (Wildman–Crippen MR) is 72.5 cm³/mol. The van der Waals surface area contributed by atoms with Gasteiger partial charge in [-0.15, -0.1) is 0 Å². The highest BCUT2D eigenvalue weighted by molar-refractivity contribution is 5.79. The Morgan fingerprint density at radius 3 is 2.95 bits per heavy atom. The van der Waals surface area contributed by atoms with Gasteiger partial charge in [0.2, 0.25) is 0 Å². The van der Waals surface area contributed by atoms with Crippen LogP contribution in [0.25, 0.3) is 10.9 Å². The van der Waals surface area contributed by atoms with Gasteiger partial charge in [0, 0.05) is 11.6 Å². The maximum Gasteiger partial charge on any atom is 0.305 e. The minimum atomic E-state index is -0.691. The second-order valence-corrected chi connectivity index (χ2v) is 4.66. The van der Waals surface area contributed by atoms with Crippen LogP contribution in [-0.4, -0.2) is 23.2 Å². The summed E-state index contributed by atoms with van der Waals surface area (Å²) in [6.45, 7) is 1.83. The van der Waals surface area contributed by atoms with Gasteiger partial charge in [0.1, 0.15) is 0 Å². The van der Waals surface area contributed by atoms with Crippen molar-refractivity contribution in [1.82, 2.24) is 4.98 Å². The van der Waals surface area contributed by atoms with Crippen molar-refractivity contribution in [3.05, 3.63) is 42.1 Å². The van der Waals surface area contributed by atoms with Crippen LogP contribution < -0.4 is 0 Å². The zero-order chi connectivity index (χ0) is 13.8. The lowest BCUT2D eigenvalue weighted by Crippen LogP contribution is -2.14. The number of aliphatic hydroxyl groups excluding tert-OH is 1. The third-order valence-electron chi connectivity index (χ3n) is 3.22. The summed E-state index contributed by atoms with van der Waals surface area (Å²) in [5.41, 5.74) is 1.68. The van der Waals surface area contributed by atoms with E-state index in [0.29, 0.717) is 0 Å². The van der Waals surface area contributed by atoms with Crippen LogP contribution in [0.1, 0.15) is 25.0 Å². The molecule has 0 amide bonds. The molecule has 1 aromatic heterocycles. The lowest BCUT2D eigenvalue weighted by molar-refractivity contribution is -0.142.